The van der Waals surface area contributed by atoms with Crippen molar-refractivity contribution in [2.45, 2.75) is 32.4 Å². The molecule has 1 atom stereocenters. The molecule has 1 aromatic rings. The summed E-state index contributed by atoms with van der Waals surface area (Å²) in [6.45, 7) is 5.30. The number of methoxy groups -OCH3 is 1. The number of benzene rings is 1. The Morgan fingerprint density at radius 1 is 1.37 bits per heavy atom. The zero-order valence-electron chi connectivity index (χ0n) is 12.4. The van der Waals surface area contributed by atoms with Gasteiger partial charge < -0.3 is 15.0 Å². The predicted molar refractivity (Wildman–Crippen MR) is 79.5 cm³/mol. The van der Waals surface area contributed by atoms with Crippen molar-refractivity contribution >= 4 is 0 Å². The highest BCUT2D eigenvalue weighted by Gasteiger charge is 2.31. The fourth-order valence-corrected chi connectivity index (χ4v) is 2.67. The summed E-state index contributed by atoms with van der Waals surface area (Å²) < 4.78 is 5.42. The Hall–Kier alpha value is -1.06. The smallest absolute Gasteiger partial charge is 0.123 e. The molecule has 0 bridgehead atoms. The largest absolute Gasteiger partial charge is 0.496 e. The third-order valence-electron chi connectivity index (χ3n) is 3.80. The maximum absolute atomic E-state index is 5.42. The molecule has 3 heteroatoms. The zero-order chi connectivity index (χ0) is 13.7. The maximum Gasteiger partial charge on any atom is 0.123 e. The number of nitrogens with zero attached hydrogens (tertiary/aromatic N) is 1. The van der Waals surface area contributed by atoms with E-state index in [9.17, 15) is 0 Å². The molecule has 2 rings (SSSR count). The normalized spacial score (nSPS) is 16.6. The van der Waals surface area contributed by atoms with Gasteiger partial charge in [0, 0.05) is 24.7 Å². The summed E-state index contributed by atoms with van der Waals surface area (Å²) in [4.78, 5) is 2.39. The lowest BCUT2D eigenvalue weighted by molar-refractivity contribution is 0.265. The van der Waals surface area contributed by atoms with Gasteiger partial charge in [0.2, 0.25) is 0 Å². The van der Waals surface area contributed by atoms with Gasteiger partial charge in [0.25, 0.3) is 0 Å². The third-order valence-corrected chi connectivity index (χ3v) is 3.80. The van der Waals surface area contributed by atoms with Crippen LogP contribution < -0.4 is 10.1 Å². The van der Waals surface area contributed by atoms with E-state index >= 15 is 0 Å². The number of para-hydroxylation sites is 1. The molecule has 106 valence electrons. The second kappa shape index (κ2) is 6.92. The molecule has 19 heavy (non-hydrogen) atoms. The van der Waals surface area contributed by atoms with Crippen molar-refractivity contribution in [2.75, 3.05) is 27.2 Å². The molecule has 0 amide bonds. The van der Waals surface area contributed by atoms with Gasteiger partial charge >= 0.3 is 0 Å². The van der Waals surface area contributed by atoms with Crippen LogP contribution in [0.1, 0.15) is 25.3 Å². The average Bonchev–Trinajstić information content (AvgIpc) is 3.23. The fraction of sp³-hybridized carbons (Fsp3) is 0.625. The molecule has 1 aliphatic rings. The highest BCUT2D eigenvalue weighted by Crippen LogP contribution is 2.33. The maximum atomic E-state index is 5.42. The van der Waals surface area contributed by atoms with E-state index in [2.05, 4.69) is 36.3 Å². The van der Waals surface area contributed by atoms with Gasteiger partial charge in [-0.25, -0.2) is 0 Å². The van der Waals surface area contributed by atoms with Crippen LogP contribution in [-0.2, 0) is 6.54 Å². The first-order valence-electron chi connectivity index (χ1n) is 7.28. The van der Waals surface area contributed by atoms with E-state index in [4.69, 9.17) is 4.74 Å². The van der Waals surface area contributed by atoms with E-state index in [1.165, 1.54) is 18.4 Å². The number of hydrogen-bond acceptors (Lipinski definition) is 3. The van der Waals surface area contributed by atoms with Crippen LogP contribution in [-0.4, -0.2) is 38.2 Å². The summed E-state index contributed by atoms with van der Waals surface area (Å²) in [7, 11) is 3.93. The van der Waals surface area contributed by atoms with Gasteiger partial charge in [-0.05, 0) is 38.4 Å². The van der Waals surface area contributed by atoms with Gasteiger partial charge in [-0.3, -0.25) is 0 Å². The third kappa shape index (κ3) is 4.22. The van der Waals surface area contributed by atoms with Gasteiger partial charge in [0.05, 0.1) is 7.11 Å². The molecule has 1 aromatic carbocycles. The second-order valence-electron chi connectivity index (χ2n) is 5.51. The van der Waals surface area contributed by atoms with Crippen LogP contribution in [0.2, 0.25) is 0 Å². The Morgan fingerprint density at radius 2 is 2.11 bits per heavy atom. The van der Waals surface area contributed by atoms with Crippen LogP contribution in [0.25, 0.3) is 0 Å². The van der Waals surface area contributed by atoms with E-state index in [-0.39, 0.29) is 0 Å². The second-order valence-corrected chi connectivity index (χ2v) is 5.51. The van der Waals surface area contributed by atoms with Crippen molar-refractivity contribution in [3.8, 4) is 5.75 Å². The first-order valence-corrected chi connectivity index (χ1v) is 7.28. The zero-order valence-corrected chi connectivity index (χ0v) is 12.4. The SMILES string of the molecule is CCNC(CN(C)Cc1ccccc1OC)C1CC1. The predicted octanol–water partition coefficient (Wildman–Crippen LogP) is 2.52. The average molecular weight is 262 g/mol. The molecule has 1 saturated carbocycles. The summed E-state index contributed by atoms with van der Waals surface area (Å²) in [6, 6.07) is 8.92. The number of nitrogens with one attached hydrogen (secondary N) is 1. The Labute approximate surface area is 116 Å². The highest BCUT2D eigenvalue weighted by molar-refractivity contribution is 5.33. The topological polar surface area (TPSA) is 24.5 Å². The van der Waals surface area contributed by atoms with Crippen molar-refractivity contribution in [3.63, 3.8) is 0 Å². The molecule has 3 nitrogen and oxygen atoms in total. The lowest BCUT2D eigenvalue weighted by atomic mass is 10.1. The van der Waals surface area contributed by atoms with Crippen molar-refractivity contribution in [1.29, 1.82) is 0 Å². The van der Waals surface area contributed by atoms with Crippen LogP contribution in [0.3, 0.4) is 0 Å². The molecular weight excluding hydrogens is 236 g/mol. The van der Waals surface area contributed by atoms with Crippen molar-refractivity contribution in [1.82, 2.24) is 10.2 Å². The van der Waals surface area contributed by atoms with Gasteiger partial charge in [-0.2, -0.15) is 0 Å². The van der Waals surface area contributed by atoms with E-state index < -0.39 is 0 Å². The van der Waals surface area contributed by atoms with E-state index in [1.54, 1.807) is 7.11 Å². The van der Waals surface area contributed by atoms with Crippen LogP contribution in [0, 0.1) is 5.92 Å². The lowest BCUT2D eigenvalue weighted by Gasteiger charge is -2.25. The first-order chi connectivity index (χ1) is 9.24. The molecule has 0 aromatic heterocycles. The minimum absolute atomic E-state index is 0.643. The van der Waals surface area contributed by atoms with Crippen LogP contribution >= 0.6 is 0 Å². The molecule has 1 fully saturated rings. The summed E-state index contributed by atoms with van der Waals surface area (Å²) in [5, 5.41) is 3.62. The van der Waals surface area contributed by atoms with Crippen LogP contribution in [0.15, 0.2) is 24.3 Å². The summed E-state index contributed by atoms with van der Waals surface area (Å²) >= 11 is 0. The summed E-state index contributed by atoms with van der Waals surface area (Å²) in [5.41, 5.74) is 1.26. The number of hydrogen-bond donors (Lipinski definition) is 1. The quantitative estimate of drug-likeness (QED) is 0.779. The fourth-order valence-electron chi connectivity index (χ4n) is 2.67. The van der Waals surface area contributed by atoms with E-state index in [0.717, 1.165) is 31.3 Å². The molecule has 1 N–H and O–H groups in total. The monoisotopic (exact) mass is 262 g/mol. The van der Waals surface area contributed by atoms with Crippen molar-refractivity contribution in [3.05, 3.63) is 29.8 Å². The molecular formula is C16H26N2O. The summed E-state index contributed by atoms with van der Waals surface area (Å²) in [6.07, 6.45) is 2.78. The standard InChI is InChI=1S/C16H26N2O/c1-4-17-15(13-9-10-13)12-18(2)11-14-7-5-6-8-16(14)19-3/h5-8,13,15,17H,4,9-12H2,1-3H3. The Kier molecular flexibility index (Phi) is 5.23. The minimum Gasteiger partial charge on any atom is -0.496 e. The van der Waals surface area contributed by atoms with Crippen molar-refractivity contribution in [2.24, 2.45) is 5.92 Å². The van der Waals surface area contributed by atoms with Gasteiger partial charge in [-0.1, -0.05) is 25.1 Å². The molecule has 1 aliphatic carbocycles. The number of ether oxygens (including phenoxy) is 1. The molecule has 0 radical (unpaired) electrons. The summed E-state index contributed by atoms with van der Waals surface area (Å²) in [5.74, 6) is 1.88. The number of likely N-dealkylation sites (N-methyl/N-ethyl adjacent to an activating group) is 2. The van der Waals surface area contributed by atoms with Crippen molar-refractivity contribution < 1.29 is 4.74 Å². The van der Waals surface area contributed by atoms with Gasteiger partial charge in [-0.15, -0.1) is 0 Å². The Morgan fingerprint density at radius 3 is 2.74 bits per heavy atom. The van der Waals surface area contributed by atoms with Crippen LogP contribution in [0.5, 0.6) is 5.75 Å². The van der Waals surface area contributed by atoms with E-state index in [1.807, 2.05) is 12.1 Å². The molecule has 1 unspecified atom stereocenters. The molecule has 0 spiro atoms. The minimum atomic E-state index is 0.643. The Bertz CT molecular complexity index is 390. The Balaban J connectivity index is 1.90. The van der Waals surface area contributed by atoms with Crippen LogP contribution in [0.4, 0.5) is 0 Å². The highest BCUT2D eigenvalue weighted by atomic mass is 16.5. The van der Waals surface area contributed by atoms with Gasteiger partial charge in [0.1, 0.15) is 5.75 Å². The first kappa shape index (κ1) is 14.4. The lowest BCUT2D eigenvalue weighted by Crippen LogP contribution is -2.40. The number of rotatable bonds is 8. The molecule has 0 heterocycles. The van der Waals surface area contributed by atoms with Gasteiger partial charge in [0.15, 0.2) is 0 Å². The van der Waals surface area contributed by atoms with E-state index in [0.29, 0.717) is 6.04 Å². The molecule has 0 aliphatic heterocycles. The molecule has 0 saturated heterocycles.